The fraction of sp³-hybridized carbons (Fsp3) is 0.167. The summed E-state index contributed by atoms with van der Waals surface area (Å²) in [6.07, 6.45) is -2.03. The van der Waals surface area contributed by atoms with Gasteiger partial charge in [0, 0.05) is 26.0 Å². The fourth-order valence-corrected chi connectivity index (χ4v) is 2.52. The third kappa shape index (κ3) is 4.25. The molecule has 0 bridgehead atoms. The Morgan fingerprint density at radius 3 is 2.56 bits per heavy atom. The first-order chi connectivity index (χ1) is 12.7. The van der Waals surface area contributed by atoms with Crippen LogP contribution in [-0.4, -0.2) is 33.6 Å². The first-order valence-corrected chi connectivity index (χ1v) is 7.81. The number of nitrogens with zero attached hydrogens (tertiary/aromatic N) is 3. The zero-order valence-corrected chi connectivity index (χ0v) is 14.1. The van der Waals surface area contributed by atoms with Gasteiger partial charge in [0.25, 0.3) is 11.5 Å². The topological polar surface area (TPSA) is 63.9 Å². The highest BCUT2D eigenvalue weighted by atomic mass is 19.4. The van der Waals surface area contributed by atoms with Gasteiger partial charge in [-0.3, -0.25) is 14.0 Å². The van der Waals surface area contributed by atoms with Crippen molar-refractivity contribution in [2.45, 2.75) is 12.9 Å². The summed E-state index contributed by atoms with van der Waals surface area (Å²) >= 11 is 0. The maximum absolute atomic E-state index is 12.6. The second-order valence-corrected chi connectivity index (χ2v) is 5.76. The van der Waals surface area contributed by atoms with Crippen LogP contribution >= 0.6 is 0 Å². The quantitative estimate of drug-likeness (QED) is 0.701. The largest absolute Gasteiger partial charge is 0.573 e. The molecule has 1 amide bonds. The summed E-state index contributed by atoms with van der Waals surface area (Å²) in [7, 11) is 1.49. The number of fused-ring (bicyclic) bond motifs is 1. The molecular weight excluding hydrogens is 363 g/mol. The first-order valence-electron chi connectivity index (χ1n) is 7.81. The Labute approximate surface area is 151 Å². The zero-order valence-electron chi connectivity index (χ0n) is 14.1. The molecule has 2 heterocycles. The van der Waals surface area contributed by atoms with Crippen molar-refractivity contribution in [3.63, 3.8) is 0 Å². The van der Waals surface area contributed by atoms with Gasteiger partial charge in [-0.2, -0.15) is 0 Å². The number of carbonyl (C=O) groups is 1. The molecule has 2 aromatic heterocycles. The summed E-state index contributed by atoms with van der Waals surface area (Å²) in [5, 5.41) is 0. The maximum atomic E-state index is 12.6. The molecule has 3 rings (SSSR count). The van der Waals surface area contributed by atoms with Gasteiger partial charge in [-0.15, -0.1) is 13.2 Å². The number of hydrogen-bond acceptors (Lipinski definition) is 4. The van der Waals surface area contributed by atoms with Gasteiger partial charge in [0.05, 0.1) is 0 Å². The molecule has 3 aromatic rings. The lowest BCUT2D eigenvalue weighted by atomic mass is 10.2. The molecule has 1 aromatic carbocycles. The van der Waals surface area contributed by atoms with E-state index in [0.29, 0.717) is 11.2 Å². The molecule has 0 saturated carbocycles. The van der Waals surface area contributed by atoms with Gasteiger partial charge in [-0.25, -0.2) is 4.98 Å². The number of benzene rings is 1. The van der Waals surface area contributed by atoms with Gasteiger partial charge in [-0.05, 0) is 29.8 Å². The van der Waals surface area contributed by atoms with E-state index in [9.17, 15) is 22.8 Å². The van der Waals surface area contributed by atoms with Crippen molar-refractivity contribution in [2.24, 2.45) is 0 Å². The lowest BCUT2D eigenvalue weighted by Crippen LogP contribution is -2.33. The van der Waals surface area contributed by atoms with Gasteiger partial charge in [0.15, 0.2) is 0 Å². The van der Waals surface area contributed by atoms with Gasteiger partial charge in [0.1, 0.15) is 17.0 Å². The van der Waals surface area contributed by atoms with Crippen LogP contribution in [-0.2, 0) is 6.54 Å². The molecule has 27 heavy (non-hydrogen) atoms. The lowest BCUT2D eigenvalue weighted by Gasteiger charge is -2.17. The highest BCUT2D eigenvalue weighted by Crippen LogP contribution is 2.23. The Hall–Kier alpha value is -3.36. The minimum Gasteiger partial charge on any atom is -0.406 e. The predicted molar refractivity (Wildman–Crippen MR) is 90.4 cm³/mol. The van der Waals surface area contributed by atoms with Crippen LogP contribution in [0.25, 0.3) is 5.65 Å². The van der Waals surface area contributed by atoms with E-state index in [0.717, 1.165) is 12.1 Å². The molecule has 9 heteroatoms. The van der Waals surface area contributed by atoms with E-state index in [1.807, 2.05) is 0 Å². The number of amides is 1. The average Bonchev–Trinajstić information content (AvgIpc) is 2.62. The second kappa shape index (κ2) is 7.10. The summed E-state index contributed by atoms with van der Waals surface area (Å²) in [6.45, 7) is 0.0993. The molecular formula is C18H14F3N3O3. The van der Waals surface area contributed by atoms with E-state index >= 15 is 0 Å². The highest BCUT2D eigenvalue weighted by molar-refractivity contribution is 5.93. The standard InChI is InChI=1S/C18H14F3N3O3/c1-23(11-12-5-7-13(8-6-12)27-18(19,20)21)16(25)14-10-22-15-4-2-3-9-24(15)17(14)26/h2-10H,11H2,1H3. The molecule has 6 nitrogen and oxygen atoms in total. The minimum absolute atomic E-state index is 0.0989. The number of alkyl halides is 3. The number of aromatic nitrogens is 2. The molecule has 0 aliphatic rings. The molecule has 0 aliphatic carbocycles. The van der Waals surface area contributed by atoms with Crippen molar-refractivity contribution in [3.8, 4) is 5.75 Å². The number of hydrogen-bond donors (Lipinski definition) is 0. The van der Waals surface area contributed by atoms with Crippen molar-refractivity contribution in [1.29, 1.82) is 0 Å². The minimum atomic E-state index is -4.76. The average molecular weight is 377 g/mol. The molecule has 140 valence electrons. The van der Waals surface area contributed by atoms with Crippen molar-refractivity contribution < 1.29 is 22.7 Å². The number of halogens is 3. The Bertz CT molecular complexity index is 1030. The molecule has 0 fully saturated rings. The third-order valence-corrected chi connectivity index (χ3v) is 3.77. The number of rotatable bonds is 4. The monoisotopic (exact) mass is 377 g/mol. The van der Waals surface area contributed by atoms with Crippen LogP contribution in [0.4, 0.5) is 13.2 Å². The van der Waals surface area contributed by atoms with Crippen molar-refractivity contribution in [3.05, 3.63) is 76.3 Å². The van der Waals surface area contributed by atoms with Crippen molar-refractivity contribution >= 4 is 11.6 Å². The Balaban J connectivity index is 1.76. The SMILES string of the molecule is CN(Cc1ccc(OC(F)(F)F)cc1)C(=O)c1cnc2ccccn2c1=O. The van der Waals surface area contributed by atoms with Crippen LogP contribution in [0, 0.1) is 0 Å². The van der Waals surface area contributed by atoms with E-state index in [2.05, 4.69) is 9.72 Å². The normalized spacial score (nSPS) is 11.4. The molecule has 0 unspecified atom stereocenters. The Morgan fingerprint density at radius 1 is 1.19 bits per heavy atom. The van der Waals surface area contributed by atoms with E-state index in [1.165, 1.54) is 40.9 Å². The van der Waals surface area contributed by atoms with Gasteiger partial charge >= 0.3 is 6.36 Å². The molecule has 0 spiro atoms. The van der Waals surface area contributed by atoms with Crippen LogP contribution in [0.1, 0.15) is 15.9 Å². The van der Waals surface area contributed by atoms with Crippen LogP contribution in [0.3, 0.4) is 0 Å². The Kier molecular flexibility index (Phi) is 4.85. The van der Waals surface area contributed by atoms with Crippen LogP contribution in [0.5, 0.6) is 5.75 Å². The van der Waals surface area contributed by atoms with Crippen molar-refractivity contribution in [1.82, 2.24) is 14.3 Å². The van der Waals surface area contributed by atoms with Gasteiger partial charge in [-0.1, -0.05) is 18.2 Å². The summed E-state index contributed by atoms with van der Waals surface area (Å²) in [4.78, 5) is 30.4. The zero-order chi connectivity index (χ0) is 19.6. The smallest absolute Gasteiger partial charge is 0.406 e. The number of ether oxygens (including phenoxy) is 1. The van der Waals surface area contributed by atoms with Crippen LogP contribution < -0.4 is 10.3 Å². The van der Waals surface area contributed by atoms with Crippen molar-refractivity contribution in [2.75, 3.05) is 7.05 Å². The van der Waals surface area contributed by atoms with Crippen LogP contribution in [0.15, 0.2) is 59.7 Å². The predicted octanol–water partition coefficient (Wildman–Crippen LogP) is 2.87. The van der Waals surface area contributed by atoms with E-state index in [1.54, 1.807) is 18.2 Å². The molecule has 0 N–H and O–H groups in total. The molecule has 0 aliphatic heterocycles. The van der Waals surface area contributed by atoms with Crippen LogP contribution in [0.2, 0.25) is 0 Å². The number of carbonyl (C=O) groups excluding carboxylic acids is 1. The third-order valence-electron chi connectivity index (χ3n) is 3.77. The summed E-state index contributed by atoms with van der Waals surface area (Å²) in [6, 6.07) is 10.2. The van der Waals surface area contributed by atoms with E-state index in [-0.39, 0.29) is 17.9 Å². The van der Waals surface area contributed by atoms with Gasteiger partial charge in [0.2, 0.25) is 0 Å². The molecule has 0 radical (unpaired) electrons. The summed E-state index contributed by atoms with van der Waals surface area (Å²) in [5.41, 5.74) is 0.404. The second-order valence-electron chi connectivity index (χ2n) is 5.76. The maximum Gasteiger partial charge on any atom is 0.573 e. The first kappa shape index (κ1) is 18.4. The molecule has 0 saturated heterocycles. The Morgan fingerprint density at radius 2 is 1.89 bits per heavy atom. The van der Waals surface area contributed by atoms with E-state index < -0.39 is 17.8 Å². The van der Waals surface area contributed by atoms with E-state index in [4.69, 9.17) is 0 Å². The molecule has 0 atom stereocenters. The summed E-state index contributed by atoms with van der Waals surface area (Å²) < 4.78 is 41.6. The summed E-state index contributed by atoms with van der Waals surface area (Å²) in [5.74, 6) is -0.890. The fourth-order valence-electron chi connectivity index (χ4n) is 2.52. The van der Waals surface area contributed by atoms with Gasteiger partial charge < -0.3 is 9.64 Å². The highest BCUT2D eigenvalue weighted by Gasteiger charge is 2.31. The number of pyridine rings is 1. The lowest BCUT2D eigenvalue weighted by molar-refractivity contribution is -0.274.